The number of carbonyl (C=O) groups is 1. The fourth-order valence-corrected chi connectivity index (χ4v) is 2.73. The van der Waals surface area contributed by atoms with Gasteiger partial charge in [0.1, 0.15) is 0 Å². The quantitative estimate of drug-likeness (QED) is 0.649. The minimum atomic E-state index is -0.693. The molecule has 1 amide bonds. The Morgan fingerprint density at radius 3 is 1.73 bits per heavy atom. The van der Waals surface area contributed by atoms with Gasteiger partial charge in [-0.15, -0.1) is 0 Å². The molecule has 0 fully saturated rings. The van der Waals surface area contributed by atoms with Crippen LogP contribution in [0, 0.1) is 0 Å². The van der Waals surface area contributed by atoms with Crippen molar-refractivity contribution in [2.24, 2.45) is 5.73 Å². The summed E-state index contributed by atoms with van der Waals surface area (Å²) in [5.41, 5.74) is 4.92. The minimum absolute atomic E-state index is 0.387. The Morgan fingerprint density at radius 2 is 1.64 bits per heavy atom. The largest absolute Gasteiger partial charge is 0.414 e. The second-order valence-corrected chi connectivity index (χ2v) is 5.93. The average Bonchev–Trinajstić information content (AvgIpc) is 1.81. The predicted molar refractivity (Wildman–Crippen MR) is 49.9 cm³/mol. The van der Waals surface area contributed by atoms with E-state index in [9.17, 15) is 4.79 Å². The third kappa shape index (κ3) is 4.14. The highest BCUT2D eigenvalue weighted by Gasteiger charge is 2.15. The van der Waals surface area contributed by atoms with Crippen molar-refractivity contribution in [2.75, 3.05) is 0 Å². The maximum Gasteiger partial charge on any atom is 0.414 e. The lowest BCUT2D eigenvalue weighted by atomic mass is 10.5. The monoisotopic (exact) mass is 179 g/mol. The van der Waals surface area contributed by atoms with Gasteiger partial charge in [0.2, 0.25) is 0 Å². The van der Waals surface area contributed by atoms with E-state index in [0.29, 0.717) is 10.5 Å². The topological polar surface area (TPSA) is 52.3 Å². The lowest BCUT2D eigenvalue weighted by molar-refractivity contribution is 0.217. The van der Waals surface area contributed by atoms with Crippen LogP contribution < -0.4 is 5.73 Å². The van der Waals surface area contributed by atoms with Gasteiger partial charge in [-0.2, -0.15) is 0 Å². The van der Waals surface area contributed by atoms with Gasteiger partial charge in [-0.3, -0.25) is 0 Å². The number of hydrogen-bond donors (Lipinski definition) is 2. The second-order valence-electron chi connectivity index (χ2n) is 2.96. The highest BCUT2D eigenvalue weighted by atomic mass is 32.2. The molecular weight excluding hydrogens is 162 g/mol. The molecule has 0 aromatic carbocycles. The SMILES string of the molecule is CC(C)[SH](OC(N)=O)C(C)C. The molecule has 4 heteroatoms. The van der Waals surface area contributed by atoms with Crippen LogP contribution in [-0.4, -0.2) is 16.6 Å². The van der Waals surface area contributed by atoms with Crippen molar-refractivity contribution < 1.29 is 8.98 Å². The number of rotatable bonds is 3. The Kier molecular flexibility index (Phi) is 4.33. The van der Waals surface area contributed by atoms with Crippen molar-refractivity contribution in [3.05, 3.63) is 0 Å². The van der Waals surface area contributed by atoms with Gasteiger partial charge in [-0.05, 0) is 0 Å². The van der Waals surface area contributed by atoms with Crippen molar-refractivity contribution >= 4 is 17.3 Å². The molecule has 0 aliphatic carbocycles. The molecule has 0 spiro atoms. The van der Waals surface area contributed by atoms with E-state index in [1.165, 1.54) is 0 Å². The Bertz CT molecular complexity index is 128. The molecule has 0 heterocycles. The summed E-state index contributed by atoms with van der Waals surface area (Å²) in [7, 11) is 0. The number of nitrogens with two attached hydrogens (primary N) is 1. The molecule has 0 saturated heterocycles. The predicted octanol–water partition coefficient (Wildman–Crippen LogP) is 1.81. The molecule has 0 bridgehead atoms. The van der Waals surface area contributed by atoms with Crippen LogP contribution in [0.25, 0.3) is 0 Å². The minimum Gasteiger partial charge on any atom is -0.402 e. The molecule has 0 aromatic rings. The van der Waals surface area contributed by atoms with Crippen molar-refractivity contribution in [2.45, 2.75) is 38.2 Å². The van der Waals surface area contributed by atoms with E-state index in [1.807, 2.05) is 27.7 Å². The number of carbonyl (C=O) groups excluding carboxylic acids is 1. The summed E-state index contributed by atoms with van der Waals surface area (Å²) in [6.45, 7) is 8.15. The van der Waals surface area contributed by atoms with E-state index in [1.54, 1.807) is 0 Å². The molecular formula is C7H17NO2S. The molecule has 0 saturated carbocycles. The van der Waals surface area contributed by atoms with E-state index < -0.39 is 17.3 Å². The number of hydrogen-bond acceptors (Lipinski definition) is 2. The average molecular weight is 179 g/mol. The first-order chi connectivity index (χ1) is 4.95. The Labute approximate surface area is 70.8 Å². The first-order valence-electron chi connectivity index (χ1n) is 3.71. The fourth-order valence-electron chi connectivity index (χ4n) is 0.911. The van der Waals surface area contributed by atoms with E-state index in [2.05, 4.69) is 0 Å². The Balaban J connectivity index is 4.00. The summed E-state index contributed by atoms with van der Waals surface area (Å²) in [4.78, 5) is 10.4. The maximum atomic E-state index is 10.4. The van der Waals surface area contributed by atoms with E-state index in [0.717, 1.165) is 0 Å². The second kappa shape index (κ2) is 4.49. The smallest absolute Gasteiger partial charge is 0.402 e. The van der Waals surface area contributed by atoms with Gasteiger partial charge in [0, 0.05) is 10.5 Å². The number of primary amides is 1. The highest BCUT2D eigenvalue weighted by Crippen LogP contribution is 2.37. The fraction of sp³-hybridized carbons (Fsp3) is 0.857. The molecule has 0 radical (unpaired) electrons. The Hall–Kier alpha value is -0.380. The van der Waals surface area contributed by atoms with Gasteiger partial charge in [0.05, 0.1) is 0 Å². The van der Waals surface area contributed by atoms with Crippen LogP contribution in [0.4, 0.5) is 4.79 Å². The zero-order chi connectivity index (χ0) is 9.02. The summed E-state index contributed by atoms with van der Waals surface area (Å²) in [5, 5.41) is 0.773. The van der Waals surface area contributed by atoms with Crippen LogP contribution >= 0.6 is 11.2 Å². The summed E-state index contributed by atoms with van der Waals surface area (Å²) in [5.74, 6) is 0. The summed E-state index contributed by atoms with van der Waals surface area (Å²) in [6, 6.07) is 0. The van der Waals surface area contributed by atoms with Gasteiger partial charge in [-0.1, -0.05) is 38.9 Å². The molecule has 0 aromatic heterocycles. The van der Waals surface area contributed by atoms with Crippen LogP contribution in [0.5, 0.6) is 0 Å². The summed E-state index contributed by atoms with van der Waals surface area (Å²) < 4.78 is 4.98. The van der Waals surface area contributed by atoms with E-state index >= 15 is 0 Å². The highest BCUT2D eigenvalue weighted by molar-refractivity contribution is 8.14. The third-order valence-electron chi connectivity index (χ3n) is 1.21. The third-order valence-corrected chi connectivity index (χ3v) is 3.64. The van der Waals surface area contributed by atoms with Crippen molar-refractivity contribution in [1.82, 2.24) is 0 Å². The van der Waals surface area contributed by atoms with Crippen LogP contribution in [-0.2, 0) is 4.18 Å². The van der Waals surface area contributed by atoms with E-state index in [-0.39, 0.29) is 0 Å². The molecule has 11 heavy (non-hydrogen) atoms. The molecule has 0 aliphatic heterocycles. The van der Waals surface area contributed by atoms with Gasteiger partial charge in [-0.25, -0.2) is 4.79 Å². The first-order valence-corrected chi connectivity index (χ1v) is 5.10. The van der Waals surface area contributed by atoms with Crippen molar-refractivity contribution in [3.8, 4) is 0 Å². The standard InChI is InChI=1S/C7H17NO2S/c1-5(2)11(6(3)4)10-7(8)9/h5-6,11H,1-4H3,(H2,8,9). The zero-order valence-electron chi connectivity index (χ0n) is 7.50. The van der Waals surface area contributed by atoms with Crippen LogP contribution in [0.15, 0.2) is 0 Å². The van der Waals surface area contributed by atoms with E-state index in [4.69, 9.17) is 9.92 Å². The van der Waals surface area contributed by atoms with Gasteiger partial charge in [0.15, 0.2) is 0 Å². The van der Waals surface area contributed by atoms with Crippen LogP contribution in [0.1, 0.15) is 27.7 Å². The molecule has 0 unspecified atom stereocenters. The normalized spacial score (nSPS) is 12.0. The van der Waals surface area contributed by atoms with Gasteiger partial charge < -0.3 is 9.92 Å². The molecule has 0 aliphatic rings. The molecule has 2 N–H and O–H groups in total. The van der Waals surface area contributed by atoms with Crippen molar-refractivity contribution in [3.63, 3.8) is 0 Å². The van der Waals surface area contributed by atoms with Gasteiger partial charge in [0.25, 0.3) is 0 Å². The summed E-state index contributed by atoms with van der Waals surface area (Å²) in [6.07, 6.45) is -0.654. The van der Waals surface area contributed by atoms with Gasteiger partial charge >= 0.3 is 6.09 Å². The molecule has 68 valence electrons. The lowest BCUT2D eigenvalue weighted by Crippen LogP contribution is -2.18. The zero-order valence-corrected chi connectivity index (χ0v) is 8.39. The number of thiol groups is 1. The van der Waals surface area contributed by atoms with Crippen molar-refractivity contribution in [1.29, 1.82) is 0 Å². The lowest BCUT2D eigenvalue weighted by Gasteiger charge is -2.27. The van der Waals surface area contributed by atoms with Crippen LogP contribution in [0.2, 0.25) is 0 Å². The Morgan fingerprint density at radius 1 is 1.27 bits per heavy atom. The van der Waals surface area contributed by atoms with Crippen LogP contribution in [0.3, 0.4) is 0 Å². The molecule has 0 atom stereocenters. The first kappa shape index (κ1) is 10.6. The number of amides is 1. The summed E-state index contributed by atoms with van der Waals surface area (Å²) >= 11 is -0.693. The molecule has 3 nitrogen and oxygen atoms in total. The molecule has 0 rings (SSSR count). The maximum absolute atomic E-state index is 10.4.